The normalized spacial score (nSPS) is 11.8. The second kappa shape index (κ2) is 8.42. The third-order valence-corrected chi connectivity index (χ3v) is 5.33. The van der Waals surface area contributed by atoms with E-state index in [1.807, 2.05) is 24.3 Å². The van der Waals surface area contributed by atoms with E-state index in [2.05, 4.69) is 41.4 Å². The molecule has 1 amide bonds. The highest BCUT2D eigenvalue weighted by atomic mass is 19.1. The van der Waals surface area contributed by atoms with E-state index in [9.17, 15) is 9.18 Å². The van der Waals surface area contributed by atoms with Gasteiger partial charge in [0.2, 0.25) is 0 Å². The zero-order valence-electron chi connectivity index (χ0n) is 17.0. The SMILES string of the molecule is Cc1cc(C#CCNC(=O)OCC2c3ccccc3-c3ccccc32)cc(C)c1F. The van der Waals surface area contributed by atoms with Gasteiger partial charge in [0, 0.05) is 11.5 Å². The first-order chi connectivity index (χ1) is 14.5. The van der Waals surface area contributed by atoms with E-state index in [0.29, 0.717) is 11.1 Å². The molecular weight excluding hydrogens is 377 g/mol. The minimum absolute atomic E-state index is 0.0272. The fourth-order valence-electron chi connectivity index (χ4n) is 3.93. The van der Waals surface area contributed by atoms with Crippen LogP contribution in [0.2, 0.25) is 0 Å². The number of benzene rings is 3. The first kappa shape index (κ1) is 19.7. The topological polar surface area (TPSA) is 38.3 Å². The zero-order valence-corrected chi connectivity index (χ0v) is 17.0. The van der Waals surface area contributed by atoms with Crippen molar-refractivity contribution in [1.82, 2.24) is 5.32 Å². The van der Waals surface area contributed by atoms with Crippen LogP contribution < -0.4 is 5.32 Å². The molecule has 0 heterocycles. The lowest BCUT2D eigenvalue weighted by atomic mass is 9.98. The van der Waals surface area contributed by atoms with Gasteiger partial charge in [0.1, 0.15) is 12.4 Å². The van der Waals surface area contributed by atoms with Crippen LogP contribution in [0.4, 0.5) is 9.18 Å². The maximum atomic E-state index is 13.7. The van der Waals surface area contributed by atoms with E-state index < -0.39 is 6.09 Å². The molecule has 1 N–H and O–H groups in total. The Balaban J connectivity index is 1.35. The summed E-state index contributed by atoms with van der Waals surface area (Å²) < 4.78 is 19.2. The van der Waals surface area contributed by atoms with Crippen LogP contribution in [0.3, 0.4) is 0 Å². The molecule has 30 heavy (non-hydrogen) atoms. The number of alkyl carbamates (subject to hydrolysis) is 1. The number of nitrogens with one attached hydrogen (secondary N) is 1. The van der Waals surface area contributed by atoms with Gasteiger partial charge in [-0.05, 0) is 59.4 Å². The average Bonchev–Trinajstić information content (AvgIpc) is 3.07. The van der Waals surface area contributed by atoms with Crippen LogP contribution in [0, 0.1) is 31.5 Å². The fourth-order valence-corrected chi connectivity index (χ4v) is 3.93. The van der Waals surface area contributed by atoms with Crippen LogP contribution in [0.15, 0.2) is 60.7 Å². The van der Waals surface area contributed by atoms with Crippen molar-refractivity contribution < 1.29 is 13.9 Å². The van der Waals surface area contributed by atoms with E-state index in [1.165, 1.54) is 22.3 Å². The molecule has 0 aromatic heterocycles. The molecule has 1 aliphatic rings. The maximum absolute atomic E-state index is 13.7. The molecule has 3 aromatic carbocycles. The Bertz CT molecular complexity index is 1100. The van der Waals surface area contributed by atoms with Gasteiger partial charge in [-0.25, -0.2) is 9.18 Å². The molecule has 0 fully saturated rings. The molecule has 0 spiro atoms. The molecule has 0 saturated heterocycles. The number of halogens is 1. The van der Waals surface area contributed by atoms with E-state index in [1.54, 1.807) is 26.0 Å². The van der Waals surface area contributed by atoms with Crippen LogP contribution in [0.1, 0.15) is 33.7 Å². The summed E-state index contributed by atoms with van der Waals surface area (Å²) in [4.78, 5) is 12.1. The van der Waals surface area contributed by atoms with Gasteiger partial charge in [-0.15, -0.1) is 0 Å². The van der Waals surface area contributed by atoms with Crippen molar-refractivity contribution in [2.24, 2.45) is 0 Å². The summed E-state index contributed by atoms with van der Waals surface area (Å²) in [7, 11) is 0. The molecule has 0 unspecified atom stereocenters. The van der Waals surface area contributed by atoms with E-state index in [-0.39, 0.29) is 24.9 Å². The molecule has 0 atom stereocenters. The molecule has 3 aromatic rings. The summed E-state index contributed by atoms with van der Waals surface area (Å²) in [5, 5.41) is 2.66. The lowest BCUT2D eigenvalue weighted by molar-refractivity contribution is 0.144. The average molecular weight is 399 g/mol. The lowest BCUT2D eigenvalue weighted by Gasteiger charge is -2.14. The Labute approximate surface area is 175 Å². The summed E-state index contributed by atoms with van der Waals surface area (Å²) in [5.74, 6) is 5.64. The van der Waals surface area contributed by atoms with Gasteiger partial charge < -0.3 is 10.1 Å². The molecule has 0 saturated carbocycles. The third-order valence-electron chi connectivity index (χ3n) is 5.33. The Morgan fingerprint density at radius 2 is 1.57 bits per heavy atom. The minimum Gasteiger partial charge on any atom is -0.449 e. The number of hydrogen-bond donors (Lipinski definition) is 1. The van der Waals surface area contributed by atoms with Gasteiger partial charge in [0.25, 0.3) is 0 Å². The number of amides is 1. The van der Waals surface area contributed by atoms with Crippen LogP contribution in [0.5, 0.6) is 0 Å². The quantitative estimate of drug-likeness (QED) is 0.605. The molecule has 0 aliphatic heterocycles. The van der Waals surface area contributed by atoms with Gasteiger partial charge in [-0.3, -0.25) is 0 Å². The molecule has 0 radical (unpaired) electrons. The predicted molar refractivity (Wildman–Crippen MR) is 116 cm³/mol. The van der Waals surface area contributed by atoms with Gasteiger partial charge in [-0.2, -0.15) is 0 Å². The van der Waals surface area contributed by atoms with Crippen molar-refractivity contribution >= 4 is 6.09 Å². The number of ether oxygens (including phenoxy) is 1. The number of carbonyl (C=O) groups excluding carboxylic acids is 1. The first-order valence-electron chi connectivity index (χ1n) is 9.89. The number of fused-ring (bicyclic) bond motifs is 3. The smallest absolute Gasteiger partial charge is 0.407 e. The maximum Gasteiger partial charge on any atom is 0.407 e. The Morgan fingerprint density at radius 3 is 2.17 bits per heavy atom. The molecule has 4 rings (SSSR count). The number of hydrogen-bond acceptors (Lipinski definition) is 2. The van der Waals surface area contributed by atoms with E-state index >= 15 is 0 Å². The first-order valence-corrected chi connectivity index (χ1v) is 9.89. The second-order valence-electron chi connectivity index (χ2n) is 7.40. The summed E-state index contributed by atoms with van der Waals surface area (Å²) in [6.07, 6.45) is -0.502. The van der Waals surface area contributed by atoms with Gasteiger partial charge in [0.15, 0.2) is 0 Å². The molecule has 150 valence electrons. The Kier molecular flexibility index (Phi) is 5.54. The Hall–Kier alpha value is -3.58. The minimum atomic E-state index is -0.502. The summed E-state index contributed by atoms with van der Waals surface area (Å²) in [6, 6.07) is 19.8. The second-order valence-corrected chi connectivity index (χ2v) is 7.40. The number of carbonyl (C=O) groups is 1. The summed E-state index contributed by atoms with van der Waals surface area (Å²) in [6.45, 7) is 3.85. The van der Waals surface area contributed by atoms with E-state index in [0.717, 1.165) is 5.56 Å². The number of rotatable bonds is 3. The van der Waals surface area contributed by atoms with Crippen LogP contribution in [-0.4, -0.2) is 19.2 Å². The Morgan fingerprint density at radius 1 is 1.00 bits per heavy atom. The lowest BCUT2D eigenvalue weighted by Crippen LogP contribution is -2.26. The van der Waals surface area contributed by atoms with E-state index in [4.69, 9.17) is 4.74 Å². The van der Waals surface area contributed by atoms with Crippen molar-refractivity contribution in [3.63, 3.8) is 0 Å². The molecule has 3 nitrogen and oxygen atoms in total. The van der Waals surface area contributed by atoms with Gasteiger partial charge >= 0.3 is 6.09 Å². The zero-order chi connectivity index (χ0) is 21.1. The largest absolute Gasteiger partial charge is 0.449 e. The fraction of sp³-hybridized carbons (Fsp3) is 0.192. The highest BCUT2D eigenvalue weighted by Gasteiger charge is 2.28. The monoisotopic (exact) mass is 399 g/mol. The summed E-state index contributed by atoms with van der Waals surface area (Å²) >= 11 is 0. The van der Waals surface area contributed by atoms with Crippen molar-refractivity contribution in [2.75, 3.05) is 13.2 Å². The number of aryl methyl sites for hydroxylation is 2. The highest BCUT2D eigenvalue weighted by Crippen LogP contribution is 2.44. The van der Waals surface area contributed by atoms with Gasteiger partial charge in [-0.1, -0.05) is 60.4 Å². The van der Waals surface area contributed by atoms with Crippen molar-refractivity contribution in [3.05, 3.63) is 94.3 Å². The third kappa shape index (κ3) is 3.92. The van der Waals surface area contributed by atoms with Crippen molar-refractivity contribution in [1.29, 1.82) is 0 Å². The molecule has 0 bridgehead atoms. The molecular formula is C26H22FNO2. The predicted octanol–water partition coefficient (Wildman–Crippen LogP) is 5.33. The standard InChI is InChI=1S/C26H22FNO2/c1-17-14-19(15-18(2)25(17)27)8-7-13-28-26(29)30-16-24-22-11-5-3-9-20(22)21-10-4-6-12-23(21)24/h3-6,9-12,14-15,24H,13,16H2,1-2H3,(H,28,29). The molecule has 4 heteroatoms. The molecule has 1 aliphatic carbocycles. The van der Waals surface area contributed by atoms with Crippen molar-refractivity contribution in [3.8, 4) is 23.0 Å². The summed E-state index contributed by atoms with van der Waals surface area (Å²) in [5.41, 5.74) is 6.57. The van der Waals surface area contributed by atoms with Crippen LogP contribution in [-0.2, 0) is 4.74 Å². The van der Waals surface area contributed by atoms with Crippen LogP contribution >= 0.6 is 0 Å². The highest BCUT2D eigenvalue weighted by molar-refractivity contribution is 5.79. The van der Waals surface area contributed by atoms with Gasteiger partial charge in [0.05, 0.1) is 6.54 Å². The van der Waals surface area contributed by atoms with Crippen molar-refractivity contribution in [2.45, 2.75) is 19.8 Å². The van der Waals surface area contributed by atoms with Crippen LogP contribution in [0.25, 0.3) is 11.1 Å².